The van der Waals surface area contributed by atoms with Gasteiger partial charge in [0, 0.05) is 53.4 Å². The number of benzene rings is 4. The molecule has 10 heteroatoms. The molecule has 0 atom stereocenters. The van der Waals surface area contributed by atoms with Crippen molar-refractivity contribution >= 4 is 75.0 Å². The van der Waals surface area contributed by atoms with E-state index in [-0.39, 0.29) is 35.6 Å². The van der Waals surface area contributed by atoms with Crippen LogP contribution in [0.5, 0.6) is 11.5 Å². The Morgan fingerprint density at radius 2 is 0.923 bits per heavy atom. The zero-order valence-corrected chi connectivity index (χ0v) is 31.4. The van der Waals surface area contributed by atoms with E-state index < -0.39 is 0 Å². The van der Waals surface area contributed by atoms with Crippen molar-refractivity contribution in [1.82, 2.24) is 9.80 Å². The summed E-state index contributed by atoms with van der Waals surface area (Å²) in [6.07, 6.45) is 4.82. The van der Waals surface area contributed by atoms with E-state index in [1.165, 1.54) is 0 Å². The maximum atomic E-state index is 13.0. The zero-order valence-electron chi connectivity index (χ0n) is 29.7. The molecular formula is C42H44N2O6S2. The minimum Gasteiger partial charge on any atom is -0.426 e. The SMILES string of the molecule is CCN(CCCCCCN(CC)CCC(=O)Oc1ccc2sc3ccccc3c(=O)c2c1)CCC(=O)Oc1ccc2sc3ccccc3c(=O)c2c1. The van der Waals surface area contributed by atoms with Crippen LogP contribution >= 0.6 is 22.7 Å². The van der Waals surface area contributed by atoms with Crippen molar-refractivity contribution in [3.8, 4) is 11.5 Å². The summed E-state index contributed by atoms with van der Waals surface area (Å²) >= 11 is 3.11. The molecule has 0 bridgehead atoms. The number of esters is 2. The Kier molecular flexibility index (Phi) is 12.8. The monoisotopic (exact) mass is 736 g/mol. The molecule has 0 aliphatic heterocycles. The molecule has 8 nitrogen and oxygen atoms in total. The van der Waals surface area contributed by atoms with Gasteiger partial charge >= 0.3 is 11.9 Å². The molecule has 2 heterocycles. The molecule has 270 valence electrons. The summed E-state index contributed by atoms with van der Waals surface area (Å²) in [5.41, 5.74) is -0.0923. The molecule has 0 aliphatic rings. The van der Waals surface area contributed by atoms with Crippen LogP contribution in [0, 0.1) is 0 Å². The summed E-state index contributed by atoms with van der Waals surface area (Å²) in [6.45, 7) is 8.98. The lowest BCUT2D eigenvalue weighted by atomic mass is 10.1. The second kappa shape index (κ2) is 17.8. The van der Waals surface area contributed by atoms with Crippen LogP contribution in [0.25, 0.3) is 40.3 Å². The molecule has 0 fully saturated rings. The van der Waals surface area contributed by atoms with Crippen molar-refractivity contribution in [1.29, 1.82) is 0 Å². The number of fused-ring (bicyclic) bond motifs is 4. The predicted molar refractivity (Wildman–Crippen MR) is 214 cm³/mol. The highest BCUT2D eigenvalue weighted by Crippen LogP contribution is 2.29. The van der Waals surface area contributed by atoms with Gasteiger partial charge in [0.15, 0.2) is 10.9 Å². The van der Waals surface area contributed by atoms with Gasteiger partial charge in [-0.3, -0.25) is 19.2 Å². The van der Waals surface area contributed by atoms with E-state index in [2.05, 4.69) is 23.6 Å². The Bertz CT molecular complexity index is 2150. The average Bonchev–Trinajstić information content (AvgIpc) is 3.16. The summed E-state index contributed by atoms with van der Waals surface area (Å²) in [5, 5.41) is 2.49. The van der Waals surface area contributed by atoms with Gasteiger partial charge in [0.2, 0.25) is 0 Å². The van der Waals surface area contributed by atoms with Crippen LogP contribution in [-0.2, 0) is 9.59 Å². The lowest BCUT2D eigenvalue weighted by molar-refractivity contribution is -0.135. The van der Waals surface area contributed by atoms with Gasteiger partial charge in [-0.25, -0.2) is 0 Å². The van der Waals surface area contributed by atoms with E-state index in [4.69, 9.17) is 9.47 Å². The third-order valence-electron chi connectivity index (χ3n) is 9.42. The maximum absolute atomic E-state index is 13.0. The first-order valence-electron chi connectivity index (χ1n) is 18.1. The summed E-state index contributed by atoms with van der Waals surface area (Å²) in [6, 6.07) is 25.7. The highest BCUT2D eigenvalue weighted by atomic mass is 32.1. The molecule has 6 aromatic rings. The van der Waals surface area contributed by atoms with Crippen LogP contribution < -0.4 is 20.3 Å². The fourth-order valence-corrected chi connectivity index (χ4v) is 8.54. The fraction of sp³-hybridized carbons (Fsp3) is 0.333. The summed E-state index contributed by atoms with van der Waals surface area (Å²) in [4.78, 5) is 55.9. The molecule has 0 aliphatic carbocycles. The van der Waals surface area contributed by atoms with Gasteiger partial charge < -0.3 is 19.3 Å². The van der Waals surface area contributed by atoms with Gasteiger partial charge in [0.05, 0.1) is 12.8 Å². The highest BCUT2D eigenvalue weighted by Gasteiger charge is 2.14. The Hall–Kier alpha value is -4.48. The van der Waals surface area contributed by atoms with Gasteiger partial charge in [-0.05, 0) is 99.7 Å². The Morgan fingerprint density at radius 1 is 0.519 bits per heavy atom. The van der Waals surface area contributed by atoms with Crippen molar-refractivity contribution < 1.29 is 19.1 Å². The molecule has 4 aromatic carbocycles. The predicted octanol–water partition coefficient (Wildman–Crippen LogP) is 8.64. The minimum atomic E-state index is -0.304. The molecule has 0 spiro atoms. The first-order valence-corrected chi connectivity index (χ1v) is 19.7. The summed E-state index contributed by atoms with van der Waals surface area (Å²) < 4.78 is 14.9. The van der Waals surface area contributed by atoms with Gasteiger partial charge in [-0.1, -0.05) is 51.0 Å². The molecule has 0 saturated carbocycles. The molecule has 6 rings (SSSR count). The topological polar surface area (TPSA) is 93.2 Å². The molecule has 0 amide bonds. The van der Waals surface area contributed by atoms with Crippen molar-refractivity contribution in [3.05, 3.63) is 105 Å². The van der Waals surface area contributed by atoms with Crippen LogP contribution in [0.15, 0.2) is 94.5 Å². The minimum absolute atomic E-state index is 0.0461. The van der Waals surface area contributed by atoms with Crippen molar-refractivity contribution in [2.45, 2.75) is 52.4 Å². The molecular weight excluding hydrogens is 693 g/mol. The Balaban J connectivity index is 0.873. The second-order valence-corrected chi connectivity index (χ2v) is 15.1. The van der Waals surface area contributed by atoms with Crippen LogP contribution in [0.4, 0.5) is 0 Å². The van der Waals surface area contributed by atoms with Gasteiger partial charge in [-0.2, -0.15) is 0 Å². The standard InChI is InChI=1S/C42H44N2O6S2/c1-3-43(25-21-39(45)49-29-17-19-37-33(27-29)41(47)31-13-7-9-15-35(31)51-37)23-11-5-6-12-24-44(4-2)26-22-40(46)50-30-18-20-38-34(28-30)42(48)32-14-8-10-16-36(32)52-38/h7-10,13-20,27-28H,3-6,11-12,21-26H2,1-2H3. The zero-order chi connectivity index (χ0) is 36.5. The van der Waals surface area contributed by atoms with Gasteiger partial charge in [0.1, 0.15) is 11.5 Å². The first kappa shape index (κ1) is 37.3. The summed E-state index contributed by atoms with van der Waals surface area (Å²) in [7, 11) is 0. The average molecular weight is 737 g/mol. The molecule has 0 unspecified atom stereocenters. The van der Waals surface area contributed by atoms with E-state index in [1.54, 1.807) is 46.9 Å². The number of ether oxygens (including phenoxy) is 2. The maximum Gasteiger partial charge on any atom is 0.312 e. The number of nitrogens with zero attached hydrogens (tertiary/aromatic N) is 2. The van der Waals surface area contributed by atoms with E-state index in [9.17, 15) is 19.2 Å². The van der Waals surface area contributed by atoms with Gasteiger partial charge in [0.25, 0.3) is 0 Å². The van der Waals surface area contributed by atoms with Crippen LogP contribution in [0.1, 0.15) is 52.4 Å². The number of hydrogen-bond donors (Lipinski definition) is 0. The van der Waals surface area contributed by atoms with Crippen LogP contribution in [-0.4, -0.2) is 61.0 Å². The second-order valence-electron chi connectivity index (χ2n) is 12.9. The van der Waals surface area contributed by atoms with Crippen molar-refractivity contribution in [2.24, 2.45) is 0 Å². The highest BCUT2D eigenvalue weighted by molar-refractivity contribution is 7.24. The normalized spacial score (nSPS) is 11.7. The van der Waals surface area contributed by atoms with Crippen LogP contribution in [0.3, 0.4) is 0 Å². The van der Waals surface area contributed by atoms with E-state index in [0.717, 1.165) is 70.7 Å². The molecule has 0 saturated heterocycles. The third kappa shape index (κ3) is 9.30. The van der Waals surface area contributed by atoms with Crippen LogP contribution in [0.2, 0.25) is 0 Å². The molecule has 52 heavy (non-hydrogen) atoms. The molecule has 2 aromatic heterocycles. The van der Waals surface area contributed by atoms with E-state index in [0.29, 0.717) is 46.1 Å². The quantitative estimate of drug-likeness (QED) is 0.0398. The first-order chi connectivity index (χ1) is 25.3. The Morgan fingerprint density at radius 3 is 1.35 bits per heavy atom. The number of rotatable bonds is 17. The number of hydrogen-bond acceptors (Lipinski definition) is 10. The lowest BCUT2D eigenvalue weighted by Crippen LogP contribution is -2.29. The smallest absolute Gasteiger partial charge is 0.312 e. The fourth-order valence-electron chi connectivity index (χ4n) is 6.44. The number of carbonyl (C=O) groups is 2. The number of unbranched alkanes of at least 4 members (excludes halogenated alkanes) is 3. The van der Waals surface area contributed by atoms with Crippen molar-refractivity contribution in [2.75, 3.05) is 39.3 Å². The number of carbonyl (C=O) groups excluding carboxylic acids is 2. The van der Waals surface area contributed by atoms with E-state index in [1.807, 2.05) is 60.7 Å². The van der Waals surface area contributed by atoms with Gasteiger partial charge in [-0.15, -0.1) is 22.7 Å². The van der Waals surface area contributed by atoms with E-state index >= 15 is 0 Å². The summed E-state index contributed by atoms with van der Waals surface area (Å²) in [5.74, 6) is 0.190. The van der Waals surface area contributed by atoms with Crippen molar-refractivity contribution in [3.63, 3.8) is 0 Å². The molecule has 0 radical (unpaired) electrons. The largest absolute Gasteiger partial charge is 0.426 e. The molecule has 0 N–H and O–H groups in total. The Labute approximate surface area is 311 Å². The third-order valence-corrected chi connectivity index (χ3v) is 11.7. The lowest BCUT2D eigenvalue weighted by Gasteiger charge is -2.21.